The molecule has 0 rings (SSSR count). The molecule has 0 aromatic rings. The van der Waals surface area contributed by atoms with Gasteiger partial charge < -0.3 is 10.8 Å². The number of rotatable bonds is 1. The van der Waals surface area contributed by atoms with Crippen LogP contribution in [0.3, 0.4) is 0 Å². The monoisotopic (exact) mass is 139 g/mol. The summed E-state index contributed by atoms with van der Waals surface area (Å²) in [7, 11) is 0. The molecule has 7 heavy (non-hydrogen) atoms. The molecule has 2 nitrogen and oxygen atoms in total. The predicted molar refractivity (Wildman–Crippen MR) is 36.6 cm³/mol. The minimum atomic E-state index is -1.16. The van der Waals surface area contributed by atoms with E-state index in [2.05, 4.69) is 25.3 Å². The van der Waals surface area contributed by atoms with Crippen LogP contribution in [0.25, 0.3) is 0 Å². The van der Waals surface area contributed by atoms with Gasteiger partial charge >= 0.3 is 0 Å². The summed E-state index contributed by atoms with van der Waals surface area (Å²) in [6.45, 7) is 1.48. The fraction of sp³-hybridized carbons (Fsp3) is 1.00. The van der Waals surface area contributed by atoms with E-state index in [1.54, 1.807) is 0 Å². The van der Waals surface area contributed by atoms with Gasteiger partial charge in [-0.1, -0.05) is 0 Å². The molecule has 0 aromatic heterocycles. The maximum absolute atomic E-state index is 8.76. The van der Waals surface area contributed by atoms with Crippen molar-refractivity contribution in [2.75, 3.05) is 0 Å². The standard InChI is InChI=1S/C3H9NOS2/c1-3(5,7)2(4)6/h2,5-7H,4H2,1H3. The molecule has 0 aliphatic rings. The molecule has 0 aliphatic carbocycles. The molecule has 0 spiro atoms. The Bertz CT molecular complexity index is 58.4. The molecule has 0 saturated carbocycles. The smallest absolute Gasteiger partial charge is 0.129 e. The topological polar surface area (TPSA) is 46.2 Å². The van der Waals surface area contributed by atoms with Crippen LogP contribution < -0.4 is 5.73 Å². The SMILES string of the molecule is CC(O)(S)C(N)S. The van der Waals surface area contributed by atoms with Crippen LogP contribution in [-0.2, 0) is 0 Å². The van der Waals surface area contributed by atoms with E-state index in [9.17, 15) is 0 Å². The molecule has 2 atom stereocenters. The molecular weight excluding hydrogens is 130 g/mol. The highest BCUT2D eigenvalue weighted by Gasteiger charge is 2.19. The summed E-state index contributed by atoms with van der Waals surface area (Å²) in [5.41, 5.74) is 5.11. The van der Waals surface area contributed by atoms with Crippen LogP contribution in [0.15, 0.2) is 0 Å². The third-order valence-corrected chi connectivity index (χ3v) is 1.54. The number of nitrogens with two attached hydrogens (primary N) is 1. The van der Waals surface area contributed by atoms with E-state index in [0.717, 1.165) is 0 Å². The highest BCUT2D eigenvalue weighted by Crippen LogP contribution is 2.13. The maximum Gasteiger partial charge on any atom is 0.129 e. The van der Waals surface area contributed by atoms with Crippen LogP contribution in [0.2, 0.25) is 0 Å². The van der Waals surface area contributed by atoms with E-state index in [0.29, 0.717) is 0 Å². The second-order valence-electron chi connectivity index (χ2n) is 1.54. The molecule has 0 amide bonds. The fourth-order valence-electron chi connectivity index (χ4n) is 0. The van der Waals surface area contributed by atoms with Gasteiger partial charge in [-0.2, -0.15) is 12.6 Å². The van der Waals surface area contributed by atoms with E-state index in [1.165, 1.54) is 6.92 Å². The van der Waals surface area contributed by atoms with Gasteiger partial charge in [0.1, 0.15) is 4.93 Å². The normalized spacial score (nSPS) is 23.6. The first kappa shape index (κ1) is 7.62. The Labute approximate surface area is 53.9 Å². The third kappa shape index (κ3) is 3.22. The number of aliphatic hydroxyl groups is 1. The molecule has 4 heteroatoms. The molecule has 0 saturated heterocycles. The van der Waals surface area contributed by atoms with Gasteiger partial charge in [-0.3, -0.25) is 0 Å². The van der Waals surface area contributed by atoms with Gasteiger partial charge in [0.15, 0.2) is 0 Å². The third-order valence-electron chi connectivity index (χ3n) is 0.560. The molecule has 2 unspecified atom stereocenters. The van der Waals surface area contributed by atoms with Crippen LogP contribution in [-0.4, -0.2) is 15.4 Å². The number of hydrogen-bond acceptors (Lipinski definition) is 4. The van der Waals surface area contributed by atoms with Crippen LogP contribution >= 0.6 is 25.3 Å². The second kappa shape index (κ2) is 2.26. The fourth-order valence-corrected chi connectivity index (χ4v) is 0. The van der Waals surface area contributed by atoms with Crippen molar-refractivity contribution in [1.82, 2.24) is 0 Å². The second-order valence-corrected chi connectivity index (χ2v) is 3.00. The largest absolute Gasteiger partial charge is 0.378 e. The van der Waals surface area contributed by atoms with Gasteiger partial charge in [-0.05, 0) is 6.92 Å². The first-order valence-electron chi connectivity index (χ1n) is 1.83. The Balaban J connectivity index is 3.54. The lowest BCUT2D eigenvalue weighted by Crippen LogP contribution is -2.36. The molecular formula is C3H9NOS2. The molecule has 0 heterocycles. The van der Waals surface area contributed by atoms with Crippen molar-refractivity contribution in [3.05, 3.63) is 0 Å². The Hall–Kier alpha value is 0.620. The van der Waals surface area contributed by atoms with E-state index in [4.69, 9.17) is 10.8 Å². The van der Waals surface area contributed by atoms with Crippen LogP contribution in [0.5, 0.6) is 0 Å². The Morgan fingerprint density at radius 2 is 2.00 bits per heavy atom. The molecule has 3 N–H and O–H groups in total. The zero-order chi connectivity index (χ0) is 6.08. The molecule has 44 valence electrons. The average molecular weight is 139 g/mol. The maximum atomic E-state index is 8.76. The van der Waals surface area contributed by atoms with Gasteiger partial charge in [0.25, 0.3) is 0 Å². The van der Waals surface area contributed by atoms with Crippen molar-refractivity contribution in [3.8, 4) is 0 Å². The summed E-state index contributed by atoms with van der Waals surface area (Å²) in [6.07, 6.45) is 0. The molecule has 0 aromatic carbocycles. The Morgan fingerprint density at radius 3 is 2.00 bits per heavy atom. The number of thiol groups is 2. The van der Waals surface area contributed by atoms with Crippen LogP contribution in [0, 0.1) is 0 Å². The summed E-state index contributed by atoms with van der Waals surface area (Å²) < 4.78 is 0. The van der Waals surface area contributed by atoms with E-state index in [-0.39, 0.29) is 0 Å². The van der Waals surface area contributed by atoms with Crippen molar-refractivity contribution < 1.29 is 5.11 Å². The highest BCUT2D eigenvalue weighted by atomic mass is 32.1. The van der Waals surface area contributed by atoms with E-state index >= 15 is 0 Å². The van der Waals surface area contributed by atoms with Crippen molar-refractivity contribution in [2.45, 2.75) is 17.2 Å². The minimum Gasteiger partial charge on any atom is -0.378 e. The molecule has 0 bridgehead atoms. The van der Waals surface area contributed by atoms with Gasteiger partial charge in [0, 0.05) is 0 Å². The molecule has 0 fully saturated rings. The predicted octanol–water partition coefficient (Wildman–Crippen LogP) is -0.161. The summed E-state index contributed by atoms with van der Waals surface area (Å²) in [5.74, 6) is 0. The lowest BCUT2D eigenvalue weighted by Gasteiger charge is -2.18. The lowest BCUT2D eigenvalue weighted by molar-refractivity contribution is 0.159. The van der Waals surface area contributed by atoms with Crippen molar-refractivity contribution in [1.29, 1.82) is 0 Å². The van der Waals surface area contributed by atoms with Gasteiger partial charge in [0.05, 0.1) is 5.37 Å². The van der Waals surface area contributed by atoms with Gasteiger partial charge in [-0.15, -0.1) is 12.6 Å². The summed E-state index contributed by atoms with van der Waals surface area (Å²) in [6, 6.07) is 0. The van der Waals surface area contributed by atoms with Gasteiger partial charge in [0.2, 0.25) is 0 Å². The van der Waals surface area contributed by atoms with Crippen LogP contribution in [0.4, 0.5) is 0 Å². The summed E-state index contributed by atoms with van der Waals surface area (Å²) >= 11 is 7.43. The quantitative estimate of drug-likeness (QED) is 0.301. The minimum absolute atomic E-state index is 0.587. The Kier molecular flexibility index (Phi) is 2.46. The summed E-state index contributed by atoms with van der Waals surface area (Å²) in [5, 5.41) is 8.17. The van der Waals surface area contributed by atoms with Crippen molar-refractivity contribution in [3.63, 3.8) is 0 Å². The molecule has 0 aliphatic heterocycles. The number of hydrogen-bond donors (Lipinski definition) is 4. The average Bonchev–Trinajstić information content (AvgIpc) is 1.31. The highest BCUT2D eigenvalue weighted by molar-refractivity contribution is 7.85. The Morgan fingerprint density at radius 1 is 1.86 bits per heavy atom. The van der Waals surface area contributed by atoms with Crippen molar-refractivity contribution >= 4 is 25.3 Å². The zero-order valence-corrected chi connectivity index (χ0v) is 5.79. The van der Waals surface area contributed by atoms with Gasteiger partial charge in [-0.25, -0.2) is 0 Å². The first-order valence-corrected chi connectivity index (χ1v) is 2.79. The van der Waals surface area contributed by atoms with Crippen LogP contribution in [0.1, 0.15) is 6.92 Å². The first-order chi connectivity index (χ1) is 2.94. The molecule has 0 radical (unpaired) electrons. The lowest BCUT2D eigenvalue weighted by atomic mass is 10.4. The zero-order valence-electron chi connectivity index (χ0n) is 4.00. The van der Waals surface area contributed by atoms with E-state index in [1.807, 2.05) is 0 Å². The summed E-state index contributed by atoms with van der Waals surface area (Å²) in [4.78, 5) is -1.16. The van der Waals surface area contributed by atoms with E-state index < -0.39 is 10.3 Å². The van der Waals surface area contributed by atoms with Crippen molar-refractivity contribution in [2.24, 2.45) is 5.73 Å².